The first-order chi connectivity index (χ1) is 12.3. The van der Waals surface area contributed by atoms with Crippen LogP contribution in [0.3, 0.4) is 0 Å². The second-order valence-electron chi connectivity index (χ2n) is 6.50. The van der Waals surface area contributed by atoms with Crippen LogP contribution >= 0.6 is 11.3 Å². The lowest BCUT2D eigenvalue weighted by Crippen LogP contribution is -2.45. The zero-order chi connectivity index (χ0) is 17.1. The van der Waals surface area contributed by atoms with Crippen LogP contribution < -0.4 is 0 Å². The van der Waals surface area contributed by atoms with Crippen LogP contribution in [-0.2, 0) is 13.1 Å². The van der Waals surface area contributed by atoms with Crippen LogP contribution in [0.4, 0.5) is 0 Å². The summed E-state index contributed by atoms with van der Waals surface area (Å²) in [7, 11) is 0. The molecule has 1 fully saturated rings. The van der Waals surface area contributed by atoms with Gasteiger partial charge in [-0.2, -0.15) is 0 Å². The number of hydrogen-bond acceptors (Lipinski definition) is 6. The van der Waals surface area contributed by atoms with Crippen molar-refractivity contribution in [2.24, 2.45) is 0 Å². The van der Waals surface area contributed by atoms with E-state index < -0.39 is 0 Å². The van der Waals surface area contributed by atoms with Crippen molar-refractivity contribution in [3.8, 4) is 11.5 Å². The normalized spacial score (nSPS) is 16.4. The highest BCUT2D eigenvalue weighted by Gasteiger charge is 2.19. The van der Waals surface area contributed by atoms with Gasteiger partial charge in [-0.1, -0.05) is 23.8 Å². The first kappa shape index (κ1) is 16.4. The second kappa shape index (κ2) is 7.47. The lowest BCUT2D eigenvalue weighted by molar-refractivity contribution is 0.115. The average molecular weight is 354 g/mol. The molecule has 0 unspecified atom stereocenters. The first-order valence-electron chi connectivity index (χ1n) is 8.63. The Labute approximate surface area is 151 Å². The van der Waals surface area contributed by atoms with Crippen molar-refractivity contribution in [3.05, 3.63) is 58.1 Å². The Morgan fingerprint density at radius 1 is 1.00 bits per heavy atom. The van der Waals surface area contributed by atoms with Crippen LogP contribution in [0.2, 0.25) is 0 Å². The van der Waals surface area contributed by atoms with Crippen LogP contribution in [0.1, 0.15) is 16.3 Å². The largest absolute Gasteiger partial charge is 0.419 e. The van der Waals surface area contributed by atoms with E-state index in [1.54, 1.807) is 0 Å². The van der Waals surface area contributed by atoms with Crippen LogP contribution in [0.15, 0.2) is 46.2 Å². The topological polar surface area (TPSA) is 45.4 Å². The van der Waals surface area contributed by atoms with Gasteiger partial charge >= 0.3 is 0 Å². The molecule has 6 heteroatoms. The van der Waals surface area contributed by atoms with Crippen molar-refractivity contribution >= 4 is 11.3 Å². The van der Waals surface area contributed by atoms with Crippen LogP contribution in [0.25, 0.3) is 11.5 Å². The van der Waals surface area contributed by atoms with Gasteiger partial charge in [0, 0.05) is 43.2 Å². The second-order valence-corrected chi connectivity index (χ2v) is 7.53. The predicted octanol–water partition coefficient (Wildman–Crippen LogP) is 3.42. The van der Waals surface area contributed by atoms with E-state index in [-0.39, 0.29) is 0 Å². The maximum absolute atomic E-state index is 5.86. The minimum absolute atomic E-state index is 0.607. The molecule has 0 saturated carbocycles. The van der Waals surface area contributed by atoms with Crippen molar-refractivity contribution < 1.29 is 4.42 Å². The van der Waals surface area contributed by atoms with E-state index in [2.05, 4.69) is 56.6 Å². The first-order valence-corrected chi connectivity index (χ1v) is 9.51. The van der Waals surface area contributed by atoms with Crippen LogP contribution in [0, 0.1) is 6.92 Å². The molecule has 4 rings (SSSR count). The molecule has 1 aromatic carbocycles. The highest BCUT2D eigenvalue weighted by Crippen LogP contribution is 2.20. The number of piperazine rings is 1. The van der Waals surface area contributed by atoms with Crippen molar-refractivity contribution in [1.29, 1.82) is 0 Å². The maximum atomic E-state index is 5.86. The highest BCUT2D eigenvalue weighted by atomic mass is 32.1. The van der Waals surface area contributed by atoms with Gasteiger partial charge in [0.15, 0.2) is 0 Å². The summed E-state index contributed by atoms with van der Waals surface area (Å²) >= 11 is 1.83. The summed E-state index contributed by atoms with van der Waals surface area (Å²) in [5.74, 6) is 1.30. The number of hydrogen-bond donors (Lipinski definition) is 0. The van der Waals surface area contributed by atoms with Crippen molar-refractivity contribution in [2.45, 2.75) is 20.0 Å². The third kappa shape index (κ3) is 4.15. The fourth-order valence-electron chi connectivity index (χ4n) is 3.13. The molecule has 3 aromatic rings. The van der Waals surface area contributed by atoms with Gasteiger partial charge in [-0.25, -0.2) is 0 Å². The number of benzene rings is 1. The molecular weight excluding hydrogens is 332 g/mol. The van der Waals surface area contributed by atoms with Crippen LogP contribution in [-0.4, -0.2) is 46.2 Å². The van der Waals surface area contributed by atoms with E-state index in [0.717, 1.165) is 44.8 Å². The third-order valence-corrected chi connectivity index (χ3v) is 5.38. The molecule has 3 heterocycles. The minimum Gasteiger partial charge on any atom is -0.419 e. The molecule has 0 aliphatic carbocycles. The van der Waals surface area contributed by atoms with Crippen molar-refractivity contribution in [2.75, 3.05) is 26.2 Å². The molecule has 130 valence electrons. The molecule has 1 saturated heterocycles. The van der Waals surface area contributed by atoms with E-state index in [1.807, 2.05) is 23.5 Å². The summed E-state index contributed by atoms with van der Waals surface area (Å²) in [4.78, 5) is 6.33. The quantitative estimate of drug-likeness (QED) is 0.702. The van der Waals surface area contributed by atoms with Gasteiger partial charge in [0.25, 0.3) is 0 Å². The molecule has 5 nitrogen and oxygen atoms in total. The number of nitrogens with zero attached hydrogens (tertiary/aromatic N) is 4. The van der Waals surface area contributed by atoms with Crippen molar-refractivity contribution in [3.63, 3.8) is 0 Å². The van der Waals surface area contributed by atoms with Crippen molar-refractivity contribution in [1.82, 2.24) is 20.0 Å². The molecule has 0 radical (unpaired) electrons. The standard InChI is InChI=1S/C19H22N4OS/c1-15-4-2-5-16(12-15)19-21-20-18(24-19)14-23-9-7-22(8-10-23)13-17-6-3-11-25-17/h2-6,11-12H,7-10,13-14H2,1H3. The van der Waals surface area contributed by atoms with Gasteiger partial charge < -0.3 is 4.42 Å². The maximum Gasteiger partial charge on any atom is 0.247 e. The van der Waals surface area contributed by atoms with E-state index in [1.165, 1.54) is 10.4 Å². The third-order valence-electron chi connectivity index (χ3n) is 4.52. The number of aromatic nitrogens is 2. The van der Waals surface area contributed by atoms with E-state index in [4.69, 9.17) is 4.42 Å². The molecule has 0 atom stereocenters. The molecular formula is C19H22N4OS. The monoisotopic (exact) mass is 354 g/mol. The smallest absolute Gasteiger partial charge is 0.247 e. The van der Waals surface area contributed by atoms with Gasteiger partial charge in [-0.05, 0) is 30.5 Å². The summed E-state index contributed by atoms with van der Waals surface area (Å²) < 4.78 is 5.86. The van der Waals surface area contributed by atoms with Gasteiger partial charge in [0.2, 0.25) is 11.8 Å². The Bertz CT molecular complexity index is 806. The summed E-state index contributed by atoms with van der Waals surface area (Å²) in [5.41, 5.74) is 2.18. The Kier molecular flexibility index (Phi) is 4.92. The average Bonchev–Trinajstić information content (AvgIpc) is 3.29. The lowest BCUT2D eigenvalue weighted by Gasteiger charge is -2.33. The molecule has 1 aliphatic heterocycles. The van der Waals surface area contributed by atoms with E-state index in [0.29, 0.717) is 11.8 Å². The minimum atomic E-state index is 0.607. The fourth-order valence-corrected chi connectivity index (χ4v) is 3.88. The van der Waals surface area contributed by atoms with Gasteiger partial charge in [-0.3, -0.25) is 9.80 Å². The fraction of sp³-hybridized carbons (Fsp3) is 0.368. The van der Waals surface area contributed by atoms with Gasteiger partial charge in [0.05, 0.1) is 6.54 Å². The zero-order valence-corrected chi connectivity index (χ0v) is 15.2. The molecule has 0 amide bonds. The summed E-state index contributed by atoms with van der Waals surface area (Å²) in [6, 6.07) is 12.5. The molecule has 0 bridgehead atoms. The summed E-state index contributed by atoms with van der Waals surface area (Å²) in [5, 5.41) is 10.6. The SMILES string of the molecule is Cc1cccc(-c2nnc(CN3CCN(Cc4cccs4)CC3)o2)c1. The highest BCUT2D eigenvalue weighted by molar-refractivity contribution is 7.09. The Morgan fingerprint density at radius 2 is 1.80 bits per heavy atom. The molecule has 2 aromatic heterocycles. The molecule has 1 aliphatic rings. The number of aryl methyl sites for hydroxylation is 1. The predicted molar refractivity (Wildman–Crippen MR) is 99.3 cm³/mol. The molecule has 0 N–H and O–H groups in total. The Hall–Kier alpha value is -2.02. The Morgan fingerprint density at radius 3 is 2.52 bits per heavy atom. The van der Waals surface area contributed by atoms with E-state index in [9.17, 15) is 0 Å². The number of rotatable bonds is 5. The van der Waals surface area contributed by atoms with Gasteiger partial charge in [-0.15, -0.1) is 21.5 Å². The Balaban J connectivity index is 1.32. The van der Waals surface area contributed by atoms with Gasteiger partial charge in [0.1, 0.15) is 0 Å². The lowest BCUT2D eigenvalue weighted by atomic mass is 10.1. The summed E-state index contributed by atoms with van der Waals surface area (Å²) in [6.45, 7) is 8.08. The molecule has 25 heavy (non-hydrogen) atoms. The molecule has 0 spiro atoms. The number of thiophene rings is 1. The zero-order valence-electron chi connectivity index (χ0n) is 14.4. The summed E-state index contributed by atoms with van der Waals surface area (Å²) in [6.07, 6.45) is 0. The van der Waals surface area contributed by atoms with E-state index >= 15 is 0 Å². The van der Waals surface area contributed by atoms with Crippen LogP contribution in [0.5, 0.6) is 0 Å².